The first kappa shape index (κ1) is 21.2. The summed E-state index contributed by atoms with van der Waals surface area (Å²) in [6.07, 6.45) is -0.225. The zero-order valence-corrected chi connectivity index (χ0v) is 16.5. The van der Waals surface area contributed by atoms with E-state index < -0.39 is 5.60 Å². The first-order chi connectivity index (χ1) is 13.2. The summed E-state index contributed by atoms with van der Waals surface area (Å²) < 4.78 is 5.34. The quantitative estimate of drug-likeness (QED) is 0.856. The molecule has 0 radical (unpaired) electrons. The van der Waals surface area contributed by atoms with Crippen molar-refractivity contribution in [2.45, 2.75) is 39.2 Å². The van der Waals surface area contributed by atoms with Crippen molar-refractivity contribution in [1.29, 1.82) is 5.26 Å². The van der Waals surface area contributed by atoms with Crippen molar-refractivity contribution in [3.63, 3.8) is 0 Å². The largest absolute Gasteiger partial charge is 0.444 e. The normalized spacial score (nSPS) is 14.2. The number of nitrogens with zero attached hydrogens (tertiary/aromatic N) is 3. The SMILES string of the molecule is CC(C)(C)OC(=O)N1CCN(C(=O)CCC(=O)Nc2cccc(C#N)c2)CC1. The third-order valence-electron chi connectivity index (χ3n) is 4.13. The van der Waals surface area contributed by atoms with Crippen LogP contribution in [-0.2, 0) is 14.3 Å². The van der Waals surface area contributed by atoms with Gasteiger partial charge in [0.05, 0.1) is 11.6 Å². The first-order valence-electron chi connectivity index (χ1n) is 9.23. The molecule has 1 fully saturated rings. The summed E-state index contributed by atoms with van der Waals surface area (Å²) in [5, 5.41) is 11.6. The molecular formula is C20H26N4O4. The minimum absolute atomic E-state index is 0.0574. The van der Waals surface area contributed by atoms with Crippen molar-refractivity contribution in [3.05, 3.63) is 29.8 Å². The van der Waals surface area contributed by atoms with Gasteiger partial charge in [0.1, 0.15) is 5.60 Å². The third kappa shape index (κ3) is 6.58. The van der Waals surface area contributed by atoms with Crippen LogP contribution in [0.4, 0.5) is 10.5 Å². The van der Waals surface area contributed by atoms with E-state index in [1.807, 2.05) is 26.8 Å². The molecule has 0 saturated carbocycles. The van der Waals surface area contributed by atoms with Crippen LogP contribution in [0.2, 0.25) is 0 Å². The van der Waals surface area contributed by atoms with Crippen LogP contribution in [0.25, 0.3) is 0 Å². The number of hydrogen-bond acceptors (Lipinski definition) is 5. The highest BCUT2D eigenvalue weighted by Crippen LogP contribution is 2.13. The van der Waals surface area contributed by atoms with Gasteiger partial charge < -0.3 is 19.9 Å². The number of amides is 3. The lowest BCUT2D eigenvalue weighted by Gasteiger charge is -2.35. The molecule has 0 unspecified atom stereocenters. The lowest BCUT2D eigenvalue weighted by atomic mass is 10.2. The monoisotopic (exact) mass is 386 g/mol. The summed E-state index contributed by atoms with van der Waals surface area (Å²) in [5.74, 6) is -0.402. The zero-order chi connectivity index (χ0) is 20.7. The van der Waals surface area contributed by atoms with Crippen LogP contribution in [-0.4, -0.2) is 59.5 Å². The van der Waals surface area contributed by atoms with Crippen LogP contribution in [0.5, 0.6) is 0 Å². The van der Waals surface area contributed by atoms with Gasteiger partial charge in [0, 0.05) is 44.7 Å². The molecule has 0 bridgehead atoms. The van der Waals surface area contributed by atoms with Crippen LogP contribution in [0, 0.1) is 11.3 Å². The summed E-state index contributed by atoms with van der Waals surface area (Å²) in [6, 6.07) is 8.61. The van der Waals surface area contributed by atoms with E-state index in [1.54, 1.807) is 34.1 Å². The molecule has 1 aromatic rings. The molecular weight excluding hydrogens is 360 g/mol. The van der Waals surface area contributed by atoms with Gasteiger partial charge >= 0.3 is 6.09 Å². The van der Waals surface area contributed by atoms with E-state index in [2.05, 4.69) is 5.32 Å². The van der Waals surface area contributed by atoms with E-state index in [4.69, 9.17) is 10.00 Å². The number of benzene rings is 1. The Labute approximate surface area is 165 Å². The van der Waals surface area contributed by atoms with E-state index in [1.165, 1.54) is 0 Å². The van der Waals surface area contributed by atoms with E-state index in [0.29, 0.717) is 37.4 Å². The molecule has 0 aromatic heterocycles. The lowest BCUT2D eigenvalue weighted by Crippen LogP contribution is -2.51. The second-order valence-electron chi connectivity index (χ2n) is 7.59. The Kier molecular flexibility index (Phi) is 6.99. The number of nitriles is 1. The minimum atomic E-state index is -0.551. The van der Waals surface area contributed by atoms with Gasteiger partial charge in [-0.25, -0.2) is 4.79 Å². The Balaban J connectivity index is 1.74. The predicted molar refractivity (Wildman–Crippen MR) is 103 cm³/mol. The fourth-order valence-corrected chi connectivity index (χ4v) is 2.73. The van der Waals surface area contributed by atoms with Gasteiger partial charge in [-0.1, -0.05) is 6.07 Å². The maximum Gasteiger partial charge on any atom is 0.410 e. The Morgan fingerprint density at radius 2 is 1.75 bits per heavy atom. The number of nitrogens with one attached hydrogen (secondary N) is 1. The number of anilines is 1. The van der Waals surface area contributed by atoms with Gasteiger partial charge in [-0.05, 0) is 39.0 Å². The highest BCUT2D eigenvalue weighted by Gasteiger charge is 2.27. The van der Waals surface area contributed by atoms with Gasteiger partial charge in [-0.2, -0.15) is 5.26 Å². The summed E-state index contributed by atoms with van der Waals surface area (Å²) in [6.45, 7) is 7.10. The molecule has 2 rings (SSSR count). The topological polar surface area (TPSA) is 103 Å². The molecule has 28 heavy (non-hydrogen) atoms. The molecule has 0 atom stereocenters. The lowest BCUT2D eigenvalue weighted by molar-refractivity contribution is -0.134. The van der Waals surface area contributed by atoms with E-state index in [9.17, 15) is 14.4 Å². The number of hydrogen-bond donors (Lipinski definition) is 1. The molecule has 1 aromatic carbocycles. The highest BCUT2D eigenvalue weighted by molar-refractivity contribution is 5.93. The average molecular weight is 386 g/mol. The predicted octanol–water partition coefficient (Wildman–Crippen LogP) is 2.36. The smallest absolute Gasteiger partial charge is 0.410 e. The van der Waals surface area contributed by atoms with Crippen LogP contribution < -0.4 is 5.32 Å². The molecule has 0 aliphatic carbocycles. The summed E-state index contributed by atoms with van der Waals surface area (Å²) >= 11 is 0. The number of ether oxygens (including phenoxy) is 1. The van der Waals surface area contributed by atoms with Crippen LogP contribution in [0.1, 0.15) is 39.2 Å². The molecule has 1 heterocycles. The Morgan fingerprint density at radius 1 is 1.11 bits per heavy atom. The third-order valence-corrected chi connectivity index (χ3v) is 4.13. The zero-order valence-electron chi connectivity index (χ0n) is 16.5. The Hall–Kier alpha value is -3.08. The molecule has 8 heteroatoms. The van der Waals surface area contributed by atoms with Gasteiger partial charge in [0.15, 0.2) is 0 Å². The fraction of sp³-hybridized carbons (Fsp3) is 0.500. The standard InChI is InChI=1S/C20H26N4O4/c1-20(2,3)28-19(27)24-11-9-23(10-12-24)18(26)8-7-17(25)22-16-6-4-5-15(13-16)14-21/h4-6,13H,7-12H2,1-3H3,(H,22,25). The number of rotatable bonds is 4. The van der Waals surface area contributed by atoms with E-state index in [0.717, 1.165) is 0 Å². The Morgan fingerprint density at radius 3 is 2.36 bits per heavy atom. The summed E-state index contributed by atoms with van der Waals surface area (Å²) in [4.78, 5) is 39.7. The van der Waals surface area contributed by atoms with E-state index in [-0.39, 0.29) is 30.7 Å². The van der Waals surface area contributed by atoms with Crippen LogP contribution >= 0.6 is 0 Å². The van der Waals surface area contributed by atoms with Gasteiger partial charge in [-0.15, -0.1) is 0 Å². The molecule has 0 spiro atoms. The molecule has 1 aliphatic heterocycles. The van der Waals surface area contributed by atoms with Crippen molar-refractivity contribution < 1.29 is 19.1 Å². The van der Waals surface area contributed by atoms with Gasteiger partial charge in [-0.3, -0.25) is 9.59 Å². The molecule has 150 valence electrons. The van der Waals surface area contributed by atoms with Crippen molar-refractivity contribution in [2.75, 3.05) is 31.5 Å². The highest BCUT2D eigenvalue weighted by atomic mass is 16.6. The van der Waals surface area contributed by atoms with Crippen molar-refractivity contribution in [1.82, 2.24) is 9.80 Å². The number of carbonyl (C=O) groups excluding carboxylic acids is 3. The average Bonchev–Trinajstić information content (AvgIpc) is 2.65. The second-order valence-corrected chi connectivity index (χ2v) is 7.59. The molecule has 1 aliphatic rings. The van der Waals surface area contributed by atoms with Crippen molar-refractivity contribution in [2.24, 2.45) is 0 Å². The van der Waals surface area contributed by atoms with Crippen molar-refractivity contribution >= 4 is 23.6 Å². The fourth-order valence-electron chi connectivity index (χ4n) is 2.73. The molecule has 8 nitrogen and oxygen atoms in total. The number of piperazine rings is 1. The maximum atomic E-state index is 12.3. The van der Waals surface area contributed by atoms with Crippen molar-refractivity contribution in [3.8, 4) is 6.07 Å². The minimum Gasteiger partial charge on any atom is -0.444 e. The van der Waals surface area contributed by atoms with Gasteiger partial charge in [0.25, 0.3) is 0 Å². The Bertz CT molecular complexity index is 771. The van der Waals surface area contributed by atoms with E-state index >= 15 is 0 Å². The molecule has 1 N–H and O–H groups in total. The molecule has 3 amide bonds. The second kappa shape index (κ2) is 9.22. The molecule has 1 saturated heterocycles. The number of carbonyl (C=O) groups is 3. The van der Waals surface area contributed by atoms with Gasteiger partial charge in [0.2, 0.25) is 11.8 Å². The maximum absolute atomic E-state index is 12.3. The van der Waals surface area contributed by atoms with Crippen LogP contribution in [0.15, 0.2) is 24.3 Å². The summed E-state index contributed by atoms with van der Waals surface area (Å²) in [5.41, 5.74) is 0.434. The summed E-state index contributed by atoms with van der Waals surface area (Å²) in [7, 11) is 0. The van der Waals surface area contributed by atoms with Crippen LogP contribution in [0.3, 0.4) is 0 Å². The first-order valence-corrected chi connectivity index (χ1v) is 9.23.